The molecule has 1 aliphatic heterocycles. The van der Waals surface area contributed by atoms with E-state index in [1.807, 2.05) is 22.6 Å². The number of hydrogen-bond donors (Lipinski definition) is 1. The summed E-state index contributed by atoms with van der Waals surface area (Å²) < 4.78 is 6.11. The van der Waals surface area contributed by atoms with E-state index < -0.39 is 5.92 Å². The van der Waals surface area contributed by atoms with Gasteiger partial charge in [-0.25, -0.2) is 0 Å². The van der Waals surface area contributed by atoms with Gasteiger partial charge in [0.2, 0.25) is 11.8 Å². The molecule has 0 spiro atoms. The molecule has 2 heterocycles. The van der Waals surface area contributed by atoms with E-state index in [-0.39, 0.29) is 29.9 Å². The van der Waals surface area contributed by atoms with Crippen LogP contribution in [0.4, 0.5) is 0 Å². The molecule has 1 atom stereocenters. The quantitative estimate of drug-likeness (QED) is 0.366. The number of furan rings is 1. The Labute approximate surface area is 129 Å². The van der Waals surface area contributed by atoms with Crippen LogP contribution in [0, 0.1) is 9.68 Å². The molecular formula is C12H11IN2O3S. The van der Waals surface area contributed by atoms with Crippen molar-refractivity contribution in [3.63, 3.8) is 0 Å². The molecule has 1 saturated heterocycles. The third-order valence-corrected chi connectivity index (χ3v) is 3.60. The highest BCUT2D eigenvalue weighted by molar-refractivity contribution is 14.1. The second-order valence-corrected chi connectivity index (χ2v) is 5.44. The van der Waals surface area contributed by atoms with Crippen LogP contribution in [0.1, 0.15) is 5.76 Å². The van der Waals surface area contributed by atoms with E-state index in [0.717, 1.165) is 3.77 Å². The van der Waals surface area contributed by atoms with Crippen molar-refractivity contribution in [2.45, 2.75) is 6.42 Å². The summed E-state index contributed by atoms with van der Waals surface area (Å²) in [6.07, 6.45) is 1.79. The molecule has 0 saturated carbocycles. The second-order valence-electron chi connectivity index (χ2n) is 3.99. The van der Waals surface area contributed by atoms with Crippen LogP contribution in [0.5, 0.6) is 0 Å². The number of amides is 2. The van der Waals surface area contributed by atoms with Gasteiger partial charge in [-0.2, -0.15) is 0 Å². The van der Waals surface area contributed by atoms with E-state index in [4.69, 9.17) is 16.6 Å². The average molecular weight is 390 g/mol. The summed E-state index contributed by atoms with van der Waals surface area (Å²) in [7, 11) is 0. The number of hydrogen-bond acceptors (Lipinski definition) is 4. The molecule has 0 aromatic carbocycles. The molecule has 1 aromatic rings. The van der Waals surface area contributed by atoms with Crippen LogP contribution in [0.2, 0.25) is 0 Å². The Kier molecular flexibility index (Phi) is 4.35. The van der Waals surface area contributed by atoms with Crippen molar-refractivity contribution in [3.05, 3.63) is 34.3 Å². The number of halogens is 1. The summed E-state index contributed by atoms with van der Waals surface area (Å²) in [6.45, 7) is 3.85. The lowest BCUT2D eigenvalue weighted by Gasteiger charge is -2.31. The average Bonchev–Trinajstić information content (AvgIpc) is 2.76. The highest BCUT2D eigenvalue weighted by Gasteiger charge is 2.38. The summed E-state index contributed by atoms with van der Waals surface area (Å²) in [5, 5.41) is 2.65. The molecule has 100 valence electrons. The first-order valence-corrected chi connectivity index (χ1v) is 7.03. The third-order valence-electron chi connectivity index (χ3n) is 2.70. The third kappa shape index (κ3) is 3.03. The van der Waals surface area contributed by atoms with E-state index in [0.29, 0.717) is 5.76 Å². The lowest BCUT2D eigenvalue weighted by atomic mass is 9.99. The first kappa shape index (κ1) is 14.2. The molecule has 1 aliphatic rings. The number of carbonyl (C=O) groups excluding carboxylic acids is 2. The lowest BCUT2D eigenvalue weighted by molar-refractivity contribution is -0.141. The Hall–Kier alpha value is -1.22. The van der Waals surface area contributed by atoms with Crippen molar-refractivity contribution < 1.29 is 14.0 Å². The van der Waals surface area contributed by atoms with Gasteiger partial charge in [-0.1, -0.05) is 6.08 Å². The van der Waals surface area contributed by atoms with Gasteiger partial charge in [0.15, 0.2) is 8.88 Å². The maximum absolute atomic E-state index is 12.2. The zero-order valence-corrected chi connectivity index (χ0v) is 12.9. The van der Waals surface area contributed by atoms with Gasteiger partial charge in [0.25, 0.3) is 0 Å². The van der Waals surface area contributed by atoms with Gasteiger partial charge in [0.1, 0.15) is 11.7 Å². The van der Waals surface area contributed by atoms with E-state index in [9.17, 15) is 9.59 Å². The summed E-state index contributed by atoms with van der Waals surface area (Å²) >= 11 is 7.00. The van der Waals surface area contributed by atoms with Crippen LogP contribution in [0.3, 0.4) is 0 Å². The molecule has 19 heavy (non-hydrogen) atoms. The minimum Gasteiger partial charge on any atom is -0.455 e. The Bertz CT molecular complexity index is 555. The summed E-state index contributed by atoms with van der Waals surface area (Å²) in [4.78, 5) is 25.4. The monoisotopic (exact) mass is 390 g/mol. The van der Waals surface area contributed by atoms with Crippen molar-refractivity contribution in [2.75, 3.05) is 6.54 Å². The molecular weight excluding hydrogens is 379 g/mol. The largest absolute Gasteiger partial charge is 0.455 e. The fourth-order valence-electron chi connectivity index (χ4n) is 1.80. The molecule has 1 N–H and O–H groups in total. The van der Waals surface area contributed by atoms with Gasteiger partial charge in [0.05, 0.1) is 0 Å². The summed E-state index contributed by atoms with van der Waals surface area (Å²) in [5.41, 5.74) is 0. The summed E-state index contributed by atoms with van der Waals surface area (Å²) in [5.74, 6) is -0.917. The molecule has 1 fully saturated rings. The zero-order valence-electron chi connectivity index (χ0n) is 9.89. The topological polar surface area (TPSA) is 62.6 Å². The van der Waals surface area contributed by atoms with Gasteiger partial charge in [-0.15, -0.1) is 6.58 Å². The fraction of sp³-hybridized carbons (Fsp3) is 0.250. The van der Waals surface area contributed by atoms with Crippen LogP contribution < -0.4 is 5.32 Å². The lowest BCUT2D eigenvalue weighted by Crippen LogP contribution is -2.58. The number of nitrogens with one attached hydrogen (secondary N) is 1. The first-order chi connectivity index (χ1) is 9.02. The SMILES string of the molecule is C=CCN1C(=O)C(Cc2ccc(I)o2)C(=O)NC1=S. The fourth-order valence-corrected chi connectivity index (χ4v) is 2.53. The minimum atomic E-state index is -0.811. The van der Waals surface area contributed by atoms with Crippen LogP contribution >= 0.6 is 34.8 Å². The van der Waals surface area contributed by atoms with Crippen LogP contribution in [-0.2, 0) is 16.0 Å². The standard InChI is InChI=1S/C12H11IN2O3S/c1-2-5-15-11(17)8(10(16)14-12(15)19)6-7-3-4-9(13)18-7/h2-4,8H,1,5-6H2,(H,14,16,19). The number of carbonyl (C=O) groups is 2. The molecule has 0 bridgehead atoms. The molecule has 7 heteroatoms. The van der Waals surface area contributed by atoms with E-state index in [1.54, 1.807) is 18.2 Å². The van der Waals surface area contributed by atoms with Gasteiger partial charge < -0.3 is 9.73 Å². The molecule has 0 aliphatic carbocycles. The van der Waals surface area contributed by atoms with Crippen molar-refractivity contribution in [1.82, 2.24) is 10.2 Å². The van der Waals surface area contributed by atoms with Gasteiger partial charge in [0, 0.05) is 13.0 Å². The summed E-state index contributed by atoms with van der Waals surface area (Å²) in [6, 6.07) is 3.54. The number of nitrogens with zero attached hydrogens (tertiary/aromatic N) is 1. The van der Waals surface area contributed by atoms with Crippen molar-refractivity contribution in [3.8, 4) is 0 Å². The number of rotatable bonds is 4. The van der Waals surface area contributed by atoms with Crippen molar-refractivity contribution in [2.24, 2.45) is 5.92 Å². The van der Waals surface area contributed by atoms with Gasteiger partial charge >= 0.3 is 0 Å². The maximum atomic E-state index is 12.2. The Balaban J connectivity index is 2.18. The Morgan fingerprint density at radius 1 is 1.53 bits per heavy atom. The van der Waals surface area contributed by atoms with Crippen molar-refractivity contribution >= 4 is 51.7 Å². The minimum absolute atomic E-state index is 0.125. The molecule has 1 unspecified atom stereocenters. The second kappa shape index (κ2) is 5.83. The highest BCUT2D eigenvalue weighted by atomic mass is 127. The Morgan fingerprint density at radius 2 is 2.26 bits per heavy atom. The van der Waals surface area contributed by atoms with Crippen LogP contribution in [-0.4, -0.2) is 28.4 Å². The molecule has 0 radical (unpaired) electrons. The van der Waals surface area contributed by atoms with Crippen molar-refractivity contribution in [1.29, 1.82) is 0 Å². The van der Waals surface area contributed by atoms with E-state index >= 15 is 0 Å². The molecule has 1 aromatic heterocycles. The molecule has 2 amide bonds. The Morgan fingerprint density at radius 3 is 2.84 bits per heavy atom. The van der Waals surface area contributed by atoms with Crippen LogP contribution in [0.25, 0.3) is 0 Å². The van der Waals surface area contributed by atoms with Crippen LogP contribution in [0.15, 0.2) is 29.2 Å². The zero-order chi connectivity index (χ0) is 14.0. The first-order valence-electron chi connectivity index (χ1n) is 5.54. The smallest absolute Gasteiger partial charge is 0.242 e. The van der Waals surface area contributed by atoms with E-state index in [1.165, 1.54) is 4.90 Å². The maximum Gasteiger partial charge on any atom is 0.242 e. The highest BCUT2D eigenvalue weighted by Crippen LogP contribution is 2.19. The molecule has 2 rings (SSSR count). The predicted octanol–water partition coefficient (Wildman–Crippen LogP) is 1.47. The predicted molar refractivity (Wildman–Crippen MR) is 81.3 cm³/mol. The van der Waals surface area contributed by atoms with Gasteiger partial charge in [-0.05, 0) is 46.9 Å². The molecule has 5 nitrogen and oxygen atoms in total. The number of thiocarbonyl (C=S) groups is 1. The van der Waals surface area contributed by atoms with Gasteiger partial charge in [-0.3, -0.25) is 14.5 Å². The van der Waals surface area contributed by atoms with E-state index in [2.05, 4.69) is 11.9 Å². The normalized spacial score (nSPS) is 19.5.